The average molecular weight is 782 g/mol. The summed E-state index contributed by atoms with van der Waals surface area (Å²) in [6, 6.07) is 13.1. The van der Waals surface area contributed by atoms with E-state index in [2.05, 4.69) is 20.9 Å². The number of hydrogen-bond acceptors (Lipinski definition) is 10. The number of amides is 4. The molecule has 2 aromatic carbocycles. The molecule has 302 valence electrons. The van der Waals surface area contributed by atoms with Gasteiger partial charge in [-0.3, -0.25) is 28.9 Å². The fourth-order valence-corrected chi connectivity index (χ4v) is 7.83. The average Bonchev–Trinajstić information content (AvgIpc) is 3.45. The van der Waals surface area contributed by atoms with E-state index in [0.29, 0.717) is 32.1 Å². The standard InChI is InChI=1S/C41H59N5O8S/c1-28-13-11-14-29(2)35(28)53-26-33(48)43-31(25-30-15-9-8-10-16-30)36(39(51)46-27-55-41(6,7)37(46)38(50)44-40(3,4)5)54-34(49)18-12-17-32(47)42-19-20-45-21-23-52-24-22-45/h8-11,13-16,31,36-37H,12,17-27H2,1-7H3,(H,42,47)(H,43,48)(H,44,50)/t31-,36-,37+/m0/s1. The van der Waals surface area contributed by atoms with Gasteiger partial charge in [-0.15, -0.1) is 11.8 Å². The predicted molar refractivity (Wildman–Crippen MR) is 213 cm³/mol. The van der Waals surface area contributed by atoms with E-state index in [1.165, 1.54) is 16.7 Å². The third-order valence-corrected chi connectivity index (χ3v) is 10.9. The van der Waals surface area contributed by atoms with Crippen LogP contribution < -0.4 is 20.7 Å². The van der Waals surface area contributed by atoms with Crippen molar-refractivity contribution in [1.29, 1.82) is 0 Å². The monoisotopic (exact) mass is 781 g/mol. The highest BCUT2D eigenvalue weighted by molar-refractivity contribution is 8.00. The summed E-state index contributed by atoms with van der Waals surface area (Å²) >= 11 is 1.45. The maximum atomic E-state index is 14.8. The highest BCUT2D eigenvalue weighted by Crippen LogP contribution is 2.40. The summed E-state index contributed by atoms with van der Waals surface area (Å²) in [6.45, 7) is 17.1. The topological polar surface area (TPSA) is 156 Å². The number of morpholine rings is 1. The van der Waals surface area contributed by atoms with E-state index in [1.54, 1.807) is 0 Å². The molecule has 4 rings (SSSR count). The molecule has 0 unspecified atom stereocenters. The molecular weight excluding hydrogens is 723 g/mol. The van der Waals surface area contributed by atoms with Gasteiger partial charge in [0.2, 0.25) is 17.9 Å². The van der Waals surface area contributed by atoms with Crippen molar-refractivity contribution >= 4 is 41.4 Å². The van der Waals surface area contributed by atoms with E-state index in [9.17, 15) is 24.0 Å². The number of carbonyl (C=O) groups is 5. The number of benzene rings is 2. The second-order valence-electron chi connectivity index (χ2n) is 15.8. The smallest absolute Gasteiger partial charge is 0.306 e. The van der Waals surface area contributed by atoms with Gasteiger partial charge in [-0.05, 0) is 78.0 Å². The first-order chi connectivity index (χ1) is 26.0. The van der Waals surface area contributed by atoms with Gasteiger partial charge in [0.25, 0.3) is 11.8 Å². The summed E-state index contributed by atoms with van der Waals surface area (Å²) in [6.07, 6.45) is -1.17. The zero-order valence-electron chi connectivity index (χ0n) is 33.4. The molecule has 0 bridgehead atoms. The lowest BCUT2D eigenvalue weighted by atomic mass is 9.96. The number of nitrogens with one attached hydrogen (secondary N) is 3. The normalized spacial score (nSPS) is 18.2. The summed E-state index contributed by atoms with van der Waals surface area (Å²) in [5.41, 5.74) is 1.98. The fourth-order valence-electron chi connectivity index (χ4n) is 6.69. The van der Waals surface area contributed by atoms with Gasteiger partial charge in [0, 0.05) is 49.3 Å². The number of aryl methyl sites for hydroxylation is 2. The minimum atomic E-state index is -1.49. The lowest BCUT2D eigenvalue weighted by Crippen LogP contribution is -2.61. The van der Waals surface area contributed by atoms with Gasteiger partial charge in [-0.2, -0.15) is 0 Å². The van der Waals surface area contributed by atoms with Crippen molar-refractivity contribution in [2.24, 2.45) is 0 Å². The van der Waals surface area contributed by atoms with Crippen molar-refractivity contribution in [3.63, 3.8) is 0 Å². The van der Waals surface area contributed by atoms with Gasteiger partial charge in [0.15, 0.2) is 6.61 Å². The highest BCUT2D eigenvalue weighted by Gasteiger charge is 2.51. The van der Waals surface area contributed by atoms with Crippen molar-refractivity contribution in [3.05, 3.63) is 65.2 Å². The summed E-state index contributed by atoms with van der Waals surface area (Å²) in [4.78, 5) is 72.0. The number of ether oxygens (including phenoxy) is 3. The molecule has 2 aliphatic rings. The zero-order valence-corrected chi connectivity index (χ0v) is 34.2. The van der Waals surface area contributed by atoms with E-state index in [-0.39, 0.29) is 50.0 Å². The van der Waals surface area contributed by atoms with Crippen LogP contribution >= 0.6 is 11.8 Å². The van der Waals surface area contributed by atoms with Gasteiger partial charge in [-0.25, -0.2) is 0 Å². The Balaban J connectivity index is 1.54. The van der Waals surface area contributed by atoms with Gasteiger partial charge >= 0.3 is 5.97 Å². The summed E-state index contributed by atoms with van der Waals surface area (Å²) in [5, 5.41) is 8.85. The molecule has 2 aromatic rings. The molecule has 2 heterocycles. The minimum absolute atomic E-state index is 0.0999. The zero-order chi connectivity index (χ0) is 40.2. The van der Waals surface area contributed by atoms with Gasteiger partial charge in [0.1, 0.15) is 11.8 Å². The van der Waals surface area contributed by atoms with Crippen LogP contribution in [0.4, 0.5) is 0 Å². The maximum Gasteiger partial charge on any atom is 0.306 e. The Bertz CT molecular complexity index is 1610. The van der Waals surface area contributed by atoms with Crippen LogP contribution in [-0.2, 0) is 39.9 Å². The lowest BCUT2D eigenvalue weighted by molar-refractivity contribution is -0.164. The summed E-state index contributed by atoms with van der Waals surface area (Å²) in [7, 11) is 0. The first-order valence-corrected chi connectivity index (χ1v) is 20.1. The van der Waals surface area contributed by atoms with E-state index < -0.39 is 46.3 Å². The van der Waals surface area contributed by atoms with Crippen LogP contribution in [0, 0.1) is 13.8 Å². The van der Waals surface area contributed by atoms with Crippen molar-refractivity contribution in [1.82, 2.24) is 25.8 Å². The number of thioether (sulfide) groups is 1. The molecule has 3 atom stereocenters. The molecule has 0 saturated carbocycles. The second-order valence-corrected chi connectivity index (χ2v) is 17.4. The fraction of sp³-hybridized carbons (Fsp3) is 0.585. The molecule has 0 radical (unpaired) electrons. The van der Waals surface area contributed by atoms with Crippen LogP contribution in [-0.4, -0.2) is 120 Å². The molecule has 4 amide bonds. The molecule has 0 aliphatic carbocycles. The maximum absolute atomic E-state index is 14.8. The number of carbonyl (C=O) groups excluding carboxylic acids is 5. The van der Waals surface area contributed by atoms with Gasteiger partial charge < -0.3 is 35.1 Å². The largest absolute Gasteiger partial charge is 0.483 e. The Morgan fingerprint density at radius 3 is 2.27 bits per heavy atom. The third-order valence-electron chi connectivity index (χ3n) is 9.48. The van der Waals surface area contributed by atoms with E-state index >= 15 is 0 Å². The Morgan fingerprint density at radius 2 is 1.62 bits per heavy atom. The molecule has 2 fully saturated rings. The van der Waals surface area contributed by atoms with Crippen LogP contribution in [0.15, 0.2) is 48.5 Å². The molecule has 0 aromatic heterocycles. The van der Waals surface area contributed by atoms with Crippen molar-refractivity contribution in [2.45, 2.75) is 103 Å². The van der Waals surface area contributed by atoms with Crippen LogP contribution in [0.2, 0.25) is 0 Å². The van der Waals surface area contributed by atoms with Crippen molar-refractivity contribution in [2.75, 3.05) is 51.9 Å². The molecule has 55 heavy (non-hydrogen) atoms. The second kappa shape index (κ2) is 20.1. The minimum Gasteiger partial charge on any atom is -0.483 e. The molecular formula is C41H59N5O8S. The molecule has 2 saturated heterocycles. The van der Waals surface area contributed by atoms with Crippen molar-refractivity contribution < 1.29 is 38.2 Å². The molecule has 13 nitrogen and oxygen atoms in total. The van der Waals surface area contributed by atoms with Crippen LogP contribution in [0.25, 0.3) is 0 Å². The number of hydrogen-bond donors (Lipinski definition) is 3. The van der Waals surface area contributed by atoms with Crippen LogP contribution in [0.3, 0.4) is 0 Å². The molecule has 14 heteroatoms. The number of esters is 1. The Kier molecular flexibility index (Phi) is 16.0. The third kappa shape index (κ3) is 13.5. The Morgan fingerprint density at radius 1 is 0.945 bits per heavy atom. The highest BCUT2D eigenvalue weighted by atomic mass is 32.2. The molecule has 0 spiro atoms. The first-order valence-electron chi connectivity index (χ1n) is 19.1. The first kappa shape index (κ1) is 43.6. The number of rotatable bonds is 17. The number of nitrogens with zero attached hydrogens (tertiary/aromatic N) is 2. The lowest BCUT2D eigenvalue weighted by Gasteiger charge is -2.36. The van der Waals surface area contributed by atoms with Crippen LogP contribution in [0.5, 0.6) is 5.75 Å². The summed E-state index contributed by atoms with van der Waals surface area (Å²) in [5.74, 6) is -1.55. The Labute approximate surface area is 330 Å². The molecule has 3 N–H and O–H groups in total. The predicted octanol–water partition coefficient (Wildman–Crippen LogP) is 3.54. The Hall–Kier alpha value is -4.14. The van der Waals surface area contributed by atoms with Gasteiger partial charge in [0.05, 0.1) is 25.1 Å². The SMILES string of the molecule is Cc1cccc(C)c1OCC(=O)N[C@@H](Cc1ccccc1)[C@H](OC(=O)CCCC(=O)NCCN1CCOCC1)C(=O)N1CSC(C)(C)[C@H]1C(=O)NC(C)(C)C. The van der Waals surface area contributed by atoms with Gasteiger partial charge in [-0.1, -0.05) is 48.5 Å². The summed E-state index contributed by atoms with van der Waals surface area (Å²) < 4.78 is 16.7. The van der Waals surface area contributed by atoms with E-state index in [1.807, 2.05) is 97.0 Å². The van der Waals surface area contributed by atoms with E-state index in [4.69, 9.17) is 14.2 Å². The van der Waals surface area contributed by atoms with Crippen molar-refractivity contribution in [3.8, 4) is 5.75 Å². The van der Waals surface area contributed by atoms with Crippen LogP contribution in [0.1, 0.15) is 70.6 Å². The van der Waals surface area contributed by atoms with E-state index in [0.717, 1.165) is 29.8 Å². The quantitative estimate of drug-likeness (QED) is 0.203. The molecule has 2 aliphatic heterocycles. The number of para-hydroxylation sites is 1.